The van der Waals surface area contributed by atoms with Gasteiger partial charge in [0.15, 0.2) is 11.9 Å². The number of aliphatic hydroxyl groups is 1. The predicted octanol–water partition coefficient (Wildman–Crippen LogP) is 5.41. The molecular formula is C40H54FN5O8S. The second-order valence-electron chi connectivity index (χ2n) is 16.3. The van der Waals surface area contributed by atoms with Crippen LogP contribution < -0.4 is 10.6 Å². The molecule has 2 saturated carbocycles. The lowest BCUT2D eigenvalue weighted by atomic mass is 9.87. The van der Waals surface area contributed by atoms with Crippen LogP contribution in [0.5, 0.6) is 0 Å². The lowest BCUT2D eigenvalue weighted by molar-refractivity contribution is -0.173. The largest absolute Gasteiger partial charge is 0.446 e. The molecule has 8 rings (SSSR count). The molecule has 2 aliphatic carbocycles. The van der Waals surface area contributed by atoms with Gasteiger partial charge in [-0.3, -0.25) is 0 Å². The number of alkyl carbamates (subject to hydrolysis) is 1. The smallest absolute Gasteiger partial charge is 0.407 e. The van der Waals surface area contributed by atoms with E-state index in [0.29, 0.717) is 66.9 Å². The lowest BCUT2D eigenvalue weighted by Gasteiger charge is -2.33. The highest BCUT2D eigenvalue weighted by atomic mass is 32.2. The van der Waals surface area contributed by atoms with Crippen molar-refractivity contribution in [1.29, 1.82) is 0 Å². The Morgan fingerprint density at radius 3 is 2.67 bits per heavy atom. The summed E-state index contributed by atoms with van der Waals surface area (Å²) in [6, 6.07) is 9.03. The van der Waals surface area contributed by atoms with Crippen molar-refractivity contribution in [1.82, 2.24) is 19.5 Å². The third kappa shape index (κ3) is 8.97. The Morgan fingerprint density at radius 1 is 1.07 bits per heavy atom. The zero-order valence-electron chi connectivity index (χ0n) is 31.5. The second-order valence-corrected chi connectivity index (χ2v) is 18.2. The van der Waals surface area contributed by atoms with Crippen molar-refractivity contribution in [2.75, 3.05) is 45.2 Å². The molecule has 1 unspecified atom stereocenters. The number of nitrogens with zero attached hydrogens (tertiary/aromatic N) is 3. The van der Waals surface area contributed by atoms with Gasteiger partial charge in [0.25, 0.3) is 6.01 Å². The first-order valence-corrected chi connectivity index (χ1v) is 21.6. The van der Waals surface area contributed by atoms with E-state index in [1.54, 1.807) is 24.3 Å². The van der Waals surface area contributed by atoms with Crippen molar-refractivity contribution >= 4 is 33.2 Å². The summed E-state index contributed by atoms with van der Waals surface area (Å²) in [6.45, 7) is 2.18. The van der Waals surface area contributed by atoms with Crippen LogP contribution in [0, 0.1) is 23.6 Å². The average Bonchev–Trinajstić information content (AvgIpc) is 3.56. The van der Waals surface area contributed by atoms with E-state index in [-0.39, 0.29) is 54.6 Å². The molecule has 3 N–H and O–H groups in total. The Balaban J connectivity index is 1.06. The van der Waals surface area contributed by atoms with E-state index in [1.807, 2.05) is 7.05 Å². The van der Waals surface area contributed by atoms with Gasteiger partial charge >= 0.3 is 6.09 Å². The zero-order valence-corrected chi connectivity index (χ0v) is 32.4. The summed E-state index contributed by atoms with van der Waals surface area (Å²) in [6.07, 6.45) is 6.47. The summed E-state index contributed by atoms with van der Waals surface area (Å²) in [5, 5.41) is 18.1. The molecule has 300 valence electrons. The second kappa shape index (κ2) is 16.6. The van der Waals surface area contributed by atoms with Gasteiger partial charge in [0.05, 0.1) is 30.3 Å². The fraction of sp³-hybridized carbons (Fsp3) is 0.650. The van der Waals surface area contributed by atoms with Crippen LogP contribution in [0.1, 0.15) is 75.3 Å². The highest BCUT2D eigenvalue weighted by Crippen LogP contribution is 2.50. The summed E-state index contributed by atoms with van der Waals surface area (Å²) in [7, 11) is -2.22. The number of benzene rings is 2. The minimum atomic E-state index is -4.21. The molecule has 4 heterocycles. The van der Waals surface area contributed by atoms with Crippen molar-refractivity contribution < 1.29 is 41.3 Å². The van der Waals surface area contributed by atoms with Crippen LogP contribution in [-0.2, 0) is 37.2 Å². The van der Waals surface area contributed by atoms with E-state index in [9.17, 15) is 22.7 Å². The molecule has 3 aromatic rings. The van der Waals surface area contributed by atoms with Gasteiger partial charge in [0.2, 0.25) is 10.0 Å². The number of carbonyl (C=O) groups is 1. The molecule has 0 bridgehead atoms. The Morgan fingerprint density at radius 2 is 1.87 bits per heavy atom. The Labute approximate surface area is 322 Å². The first-order chi connectivity index (χ1) is 26.6. The maximum absolute atomic E-state index is 14.9. The average molecular weight is 784 g/mol. The minimum absolute atomic E-state index is 0.0574. The number of fused-ring (bicyclic) bond motifs is 2. The maximum atomic E-state index is 14.9. The Hall–Kier alpha value is -3.34. The fourth-order valence-corrected chi connectivity index (χ4v) is 10.7. The molecule has 5 aliphatic rings. The van der Waals surface area contributed by atoms with Gasteiger partial charge < -0.3 is 39.3 Å². The van der Waals surface area contributed by atoms with E-state index >= 15 is 0 Å². The molecule has 1 amide bonds. The number of sulfonamides is 1. The quantitative estimate of drug-likeness (QED) is 0.255. The highest BCUT2D eigenvalue weighted by Gasteiger charge is 2.55. The summed E-state index contributed by atoms with van der Waals surface area (Å²) < 4.78 is 69.2. The fourth-order valence-electron chi connectivity index (χ4n) is 9.04. The molecule has 4 fully saturated rings. The first kappa shape index (κ1) is 38.5. The van der Waals surface area contributed by atoms with Gasteiger partial charge in [-0.25, -0.2) is 17.6 Å². The van der Waals surface area contributed by atoms with E-state index in [0.717, 1.165) is 57.9 Å². The molecule has 0 radical (unpaired) electrons. The van der Waals surface area contributed by atoms with Crippen molar-refractivity contribution in [2.24, 2.45) is 17.8 Å². The number of anilines is 1. The highest BCUT2D eigenvalue weighted by molar-refractivity contribution is 7.89. The normalized spacial score (nSPS) is 28.8. The number of amides is 1. The van der Waals surface area contributed by atoms with E-state index in [1.165, 1.54) is 16.4 Å². The van der Waals surface area contributed by atoms with Crippen LogP contribution in [0.3, 0.4) is 0 Å². The van der Waals surface area contributed by atoms with Crippen molar-refractivity contribution in [3.63, 3.8) is 0 Å². The lowest BCUT2D eigenvalue weighted by Crippen LogP contribution is -2.51. The van der Waals surface area contributed by atoms with Crippen molar-refractivity contribution in [3.8, 4) is 0 Å². The number of ether oxygens (including phenoxy) is 3. The molecule has 2 saturated heterocycles. The third-order valence-electron chi connectivity index (χ3n) is 12.1. The van der Waals surface area contributed by atoms with E-state index in [2.05, 4.69) is 20.5 Å². The first-order valence-electron chi connectivity index (χ1n) is 20.1. The summed E-state index contributed by atoms with van der Waals surface area (Å²) in [5.41, 5.74) is 2.08. The number of β-amino-alcohol motifs (C(OH)–C–C–N with tert-alkyl or cyclic N) is 1. The van der Waals surface area contributed by atoms with Gasteiger partial charge in [-0.15, -0.1) is 0 Å². The molecule has 1 aromatic heterocycles. The van der Waals surface area contributed by atoms with Gasteiger partial charge in [0.1, 0.15) is 17.4 Å². The number of halogens is 1. The SMILES string of the molecule is CN1CCCCCCCCN(C[C@@H](O)[C@H](Cc2cccc(F)c2)NC(=O)O[C@H]2C[C@H]3COC4OCC[C@@H]2[C@H]43)S(=O)(=O)c2cc3oc(NC4CC4)nc3cc2C1. The van der Waals surface area contributed by atoms with Crippen LogP contribution in [0.2, 0.25) is 0 Å². The zero-order chi connectivity index (χ0) is 38.1. The maximum Gasteiger partial charge on any atom is 0.407 e. The summed E-state index contributed by atoms with van der Waals surface area (Å²) in [5.74, 6) is 0.0849. The van der Waals surface area contributed by atoms with Crippen LogP contribution in [0.25, 0.3) is 11.1 Å². The van der Waals surface area contributed by atoms with Crippen LogP contribution in [0.15, 0.2) is 45.7 Å². The minimum Gasteiger partial charge on any atom is -0.446 e. The molecule has 7 atom stereocenters. The van der Waals surface area contributed by atoms with Crippen molar-refractivity contribution in [3.05, 3.63) is 53.3 Å². The monoisotopic (exact) mass is 783 g/mol. The standard InChI is InChI=1S/C40H54FN5O8S/c1-45-14-6-4-2-3-5-7-15-46(55(49,50)36-21-35-32(19-26(36)22-45)43-39(53-35)42-29-11-12-29)23-33(47)31(18-25-9-8-10-28(41)17-25)44-40(48)54-34-20-27-24-52-38-37(27)30(34)13-16-51-38/h8-10,17,19,21,27,29-31,33-34,37-38,47H,2-7,11-16,18,20,22-24H2,1H3,(H,42,43)(H,44,48)/t27-,30-,31-,33+,34-,37+,38?/m0/s1. The molecule has 13 nitrogen and oxygen atoms in total. The van der Waals surface area contributed by atoms with Crippen LogP contribution in [0.4, 0.5) is 15.2 Å². The molecule has 2 aromatic carbocycles. The topological polar surface area (TPSA) is 156 Å². The Kier molecular flexibility index (Phi) is 11.7. The molecular weight excluding hydrogens is 730 g/mol. The number of rotatable bonds is 9. The summed E-state index contributed by atoms with van der Waals surface area (Å²) in [4.78, 5) is 20.5. The molecule has 3 aliphatic heterocycles. The predicted molar refractivity (Wildman–Crippen MR) is 202 cm³/mol. The molecule has 15 heteroatoms. The van der Waals surface area contributed by atoms with Crippen LogP contribution in [-0.4, -0.2) is 104 Å². The number of oxazole rings is 1. The van der Waals surface area contributed by atoms with Gasteiger partial charge in [0, 0.05) is 43.6 Å². The van der Waals surface area contributed by atoms with Gasteiger partial charge in [-0.2, -0.15) is 9.29 Å². The van der Waals surface area contributed by atoms with Crippen molar-refractivity contribution in [2.45, 2.75) is 113 Å². The number of nitrogens with one attached hydrogen (secondary N) is 2. The van der Waals surface area contributed by atoms with Crippen LogP contribution >= 0.6 is 0 Å². The number of aromatic nitrogens is 1. The number of hydrogen-bond donors (Lipinski definition) is 3. The number of aliphatic hydroxyl groups excluding tert-OH is 1. The molecule has 55 heavy (non-hydrogen) atoms. The molecule has 0 spiro atoms. The third-order valence-corrected chi connectivity index (χ3v) is 14.0. The number of carbonyl (C=O) groups excluding carboxylic acids is 1. The Bertz CT molecular complexity index is 1920. The van der Waals surface area contributed by atoms with E-state index < -0.39 is 34.1 Å². The van der Waals surface area contributed by atoms with E-state index in [4.69, 9.17) is 18.6 Å². The van der Waals surface area contributed by atoms with Gasteiger partial charge in [-0.05, 0) is 93.8 Å². The number of hydrogen-bond acceptors (Lipinski definition) is 11. The van der Waals surface area contributed by atoms with Gasteiger partial charge in [-0.1, -0.05) is 37.8 Å². The summed E-state index contributed by atoms with van der Waals surface area (Å²) >= 11 is 0.